The van der Waals surface area contributed by atoms with E-state index in [4.69, 9.17) is 39.5 Å². The van der Waals surface area contributed by atoms with Gasteiger partial charge in [-0.3, -0.25) is 9.59 Å². The normalized spacial score (nSPS) is 20.3. The van der Waals surface area contributed by atoms with Crippen LogP contribution in [0.2, 0.25) is 10.0 Å². The number of nitrogens with zero attached hydrogens (tertiary/aromatic N) is 2. The molecular weight excluding hydrogens is 491 g/mol. The number of benzene rings is 1. The van der Waals surface area contributed by atoms with Crippen LogP contribution in [0.25, 0.3) is 0 Å². The van der Waals surface area contributed by atoms with E-state index in [0.717, 1.165) is 30.4 Å². The van der Waals surface area contributed by atoms with Crippen LogP contribution in [0.5, 0.6) is 0 Å². The Balaban J connectivity index is 1.60. The lowest BCUT2D eigenvalue weighted by molar-refractivity contribution is -0.142. The number of fused-ring (bicyclic) bond motifs is 1. The number of halogens is 3. The molecule has 0 bridgehead atoms. The van der Waals surface area contributed by atoms with Crippen molar-refractivity contribution in [3.05, 3.63) is 55.7 Å². The highest BCUT2D eigenvalue weighted by Gasteiger charge is 2.35. The van der Waals surface area contributed by atoms with Gasteiger partial charge in [0.15, 0.2) is 0 Å². The van der Waals surface area contributed by atoms with E-state index >= 15 is 0 Å². The van der Waals surface area contributed by atoms with Crippen LogP contribution in [0.1, 0.15) is 41.3 Å². The number of carbonyl (C=O) groups excluding carboxylic acids is 2. The van der Waals surface area contributed by atoms with E-state index in [1.165, 1.54) is 4.88 Å². The van der Waals surface area contributed by atoms with E-state index in [-0.39, 0.29) is 42.8 Å². The highest BCUT2D eigenvalue weighted by Crippen LogP contribution is 2.41. The van der Waals surface area contributed by atoms with Crippen LogP contribution in [0.3, 0.4) is 0 Å². The van der Waals surface area contributed by atoms with E-state index in [1.807, 2.05) is 16.3 Å². The molecule has 4 rings (SSSR count). The van der Waals surface area contributed by atoms with Crippen molar-refractivity contribution in [1.29, 1.82) is 0 Å². The first kappa shape index (κ1) is 23.8. The van der Waals surface area contributed by atoms with Crippen molar-refractivity contribution in [2.75, 3.05) is 32.1 Å². The molecule has 3 heterocycles. The average Bonchev–Trinajstić information content (AvgIpc) is 3.45. The molecule has 2 aromatic rings. The van der Waals surface area contributed by atoms with Gasteiger partial charge in [0, 0.05) is 46.9 Å². The number of amides is 2. The first-order valence-corrected chi connectivity index (χ1v) is 12.9. The Kier molecular flexibility index (Phi) is 8.00. The van der Waals surface area contributed by atoms with Gasteiger partial charge in [0.2, 0.25) is 11.8 Å². The third kappa shape index (κ3) is 5.26. The summed E-state index contributed by atoms with van der Waals surface area (Å²) in [6, 6.07) is 7.12. The van der Waals surface area contributed by atoms with Gasteiger partial charge in [0.25, 0.3) is 0 Å². The van der Waals surface area contributed by atoms with Gasteiger partial charge >= 0.3 is 0 Å². The molecule has 0 saturated carbocycles. The maximum atomic E-state index is 13.6. The van der Waals surface area contributed by atoms with E-state index in [2.05, 4.69) is 6.07 Å². The highest BCUT2D eigenvalue weighted by atomic mass is 35.5. The number of carbonyl (C=O) groups is 2. The Hall–Kier alpha value is -1.31. The second-order valence-electron chi connectivity index (χ2n) is 8.05. The number of hydrogen-bond donors (Lipinski definition) is 0. The average molecular weight is 516 g/mol. The molecule has 1 aromatic carbocycles. The third-order valence-corrected chi connectivity index (χ3v) is 7.73. The molecule has 0 radical (unpaired) electrons. The van der Waals surface area contributed by atoms with Gasteiger partial charge in [0.05, 0.1) is 18.7 Å². The smallest absolute Gasteiger partial charge is 0.242 e. The second-order valence-corrected chi connectivity index (χ2v) is 10.3. The van der Waals surface area contributed by atoms with Gasteiger partial charge in [-0.05, 0) is 54.0 Å². The maximum absolute atomic E-state index is 13.6. The SMILES string of the molecule is O=C(CCCl)N(CC(=O)N1CCc2sccc2C1c1ccc(Cl)cc1Cl)CC1CCCO1. The molecule has 172 valence electrons. The fourth-order valence-electron chi connectivity index (χ4n) is 4.43. The molecule has 9 heteroatoms. The van der Waals surface area contributed by atoms with Crippen molar-refractivity contribution in [2.45, 2.75) is 37.8 Å². The van der Waals surface area contributed by atoms with Crippen molar-refractivity contribution in [1.82, 2.24) is 9.80 Å². The Morgan fingerprint density at radius 2 is 2.06 bits per heavy atom. The first-order valence-electron chi connectivity index (χ1n) is 10.7. The predicted octanol–water partition coefficient (Wildman–Crippen LogP) is 5.17. The largest absolute Gasteiger partial charge is 0.376 e. The standard InChI is InChI=1S/C23H25Cl3N2O3S/c24-8-5-21(29)27(13-16-2-1-10-31-16)14-22(30)28-9-6-20-18(7-11-32-20)23(28)17-4-3-15(25)12-19(17)26/h3-4,7,11-12,16,23H,1-2,5-6,8-10,13-14H2. The Morgan fingerprint density at radius 1 is 1.22 bits per heavy atom. The lowest BCUT2D eigenvalue weighted by Crippen LogP contribution is -2.48. The van der Waals surface area contributed by atoms with Crippen molar-refractivity contribution in [3.8, 4) is 0 Å². The van der Waals surface area contributed by atoms with Crippen LogP contribution in [0, 0.1) is 0 Å². The van der Waals surface area contributed by atoms with E-state index in [9.17, 15) is 9.59 Å². The van der Waals surface area contributed by atoms with E-state index < -0.39 is 0 Å². The summed E-state index contributed by atoms with van der Waals surface area (Å²) in [5.41, 5.74) is 1.91. The van der Waals surface area contributed by atoms with Gasteiger partial charge in [-0.25, -0.2) is 0 Å². The van der Waals surface area contributed by atoms with Crippen LogP contribution in [0.4, 0.5) is 0 Å². The summed E-state index contributed by atoms with van der Waals surface area (Å²) in [5, 5.41) is 3.12. The minimum atomic E-state index is -0.310. The minimum absolute atomic E-state index is 0.00321. The summed E-state index contributed by atoms with van der Waals surface area (Å²) < 4.78 is 5.71. The molecule has 1 fully saturated rings. The fourth-order valence-corrected chi connectivity index (χ4v) is 6.00. The number of alkyl halides is 1. The molecule has 2 amide bonds. The monoisotopic (exact) mass is 514 g/mol. The second kappa shape index (κ2) is 10.7. The van der Waals surface area contributed by atoms with Crippen LogP contribution in [-0.4, -0.2) is 59.8 Å². The summed E-state index contributed by atoms with van der Waals surface area (Å²) in [5.74, 6) is -0.0167. The number of ether oxygens (including phenoxy) is 1. The number of rotatable bonds is 7. The zero-order chi connectivity index (χ0) is 22.7. The lowest BCUT2D eigenvalue weighted by atomic mass is 9.93. The van der Waals surface area contributed by atoms with Crippen molar-refractivity contribution in [3.63, 3.8) is 0 Å². The summed E-state index contributed by atoms with van der Waals surface area (Å²) in [4.78, 5) is 31.0. The first-order chi connectivity index (χ1) is 15.5. The van der Waals surface area contributed by atoms with Crippen molar-refractivity contribution in [2.24, 2.45) is 0 Å². The quantitative estimate of drug-likeness (QED) is 0.478. The molecule has 5 nitrogen and oxygen atoms in total. The molecule has 2 aliphatic rings. The molecule has 0 N–H and O–H groups in total. The number of hydrogen-bond acceptors (Lipinski definition) is 4. The predicted molar refractivity (Wildman–Crippen MR) is 129 cm³/mol. The Morgan fingerprint density at radius 3 is 2.78 bits per heavy atom. The molecule has 1 saturated heterocycles. The molecule has 2 unspecified atom stereocenters. The van der Waals surface area contributed by atoms with Gasteiger partial charge in [-0.2, -0.15) is 0 Å². The van der Waals surface area contributed by atoms with Crippen LogP contribution in [0.15, 0.2) is 29.6 Å². The zero-order valence-electron chi connectivity index (χ0n) is 17.6. The number of thiophene rings is 1. The van der Waals surface area contributed by atoms with Gasteiger partial charge < -0.3 is 14.5 Å². The van der Waals surface area contributed by atoms with Gasteiger partial charge in [-0.15, -0.1) is 22.9 Å². The Labute approximate surface area is 207 Å². The third-order valence-electron chi connectivity index (χ3n) is 5.98. The maximum Gasteiger partial charge on any atom is 0.242 e. The highest BCUT2D eigenvalue weighted by molar-refractivity contribution is 7.10. The lowest BCUT2D eigenvalue weighted by Gasteiger charge is -2.38. The fraction of sp³-hybridized carbons (Fsp3) is 0.478. The topological polar surface area (TPSA) is 49.9 Å². The molecule has 2 aliphatic heterocycles. The minimum Gasteiger partial charge on any atom is -0.376 e. The van der Waals surface area contributed by atoms with Crippen LogP contribution in [-0.2, 0) is 20.7 Å². The zero-order valence-corrected chi connectivity index (χ0v) is 20.7. The molecular formula is C23H25Cl3N2O3S. The van der Waals surface area contributed by atoms with Crippen LogP contribution < -0.4 is 0 Å². The molecule has 1 aromatic heterocycles. The van der Waals surface area contributed by atoms with E-state index in [0.29, 0.717) is 29.7 Å². The molecule has 0 aliphatic carbocycles. The van der Waals surface area contributed by atoms with Crippen LogP contribution >= 0.6 is 46.1 Å². The Bertz CT molecular complexity index is 977. The van der Waals surface area contributed by atoms with Gasteiger partial charge in [-0.1, -0.05) is 29.3 Å². The summed E-state index contributed by atoms with van der Waals surface area (Å²) in [7, 11) is 0. The van der Waals surface area contributed by atoms with Crippen molar-refractivity contribution < 1.29 is 14.3 Å². The molecule has 32 heavy (non-hydrogen) atoms. The van der Waals surface area contributed by atoms with Crippen molar-refractivity contribution >= 4 is 58.0 Å². The molecule has 2 atom stereocenters. The van der Waals surface area contributed by atoms with E-state index in [1.54, 1.807) is 28.4 Å². The summed E-state index contributed by atoms with van der Waals surface area (Å²) >= 11 is 20.2. The van der Waals surface area contributed by atoms with Gasteiger partial charge in [0.1, 0.15) is 0 Å². The molecule has 0 spiro atoms. The summed E-state index contributed by atoms with van der Waals surface area (Å²) in [6.45, 7) is 1.66. The summed E-state index contributed by atoms with van der Waals surface area (Å²) in [6.07, 6.45) is 2.81.